The van der Waals surface area contributed by atoms with Crippen molar-refractivity contribution in [3.05, 3.63) is 211 Å². The summed E-state index contributed by atoms with van der Waals surface area (Å²) in [4.78, 5) is 0. The highest BCUT2D eigenvalue weighted by Gasteiger charge is 2.23. The van der Waals surface area contributed by atoms with Crippen molar-refractivity contribution in [1.82, 2.24) is 4.57 Å². The summed E-state index contributed by atoms with van der Waals surface area (Å²) in [6.07, 6.45) is 0.822. The highest BCUT2D eigenvalue weighted by Crippen LogP contribution is 2.38. The van der Waals surface area contributed by atoms with Crippen LogP contribution in [0.25, 0.3) is 49.4 Å². The lowest BCUT2D eigenvalue weighted by Crippen LogP contribution is -2.51. The number of rotatable bonds is 9. The van der Waals surface area contributed by atoms with Crippen LogP contribution >= 0.6 is 0 Å². The Morgan fingerprint density at radius 3 is 1.91 bits per heavy atom. The summed E-state index contributed by atoms with van der Waals surface area (Å²) in [5.41, 5.74) is 9.84. The number of aromatic nitrogens is 1. The Morgan fingerprint density at radius 1 is 0.473 bits per heavy atom. The van der Waals surface area contributed by atoms with Gasteiger partial charge >= 0.3 is 0 Å². The van der Waals surface area contributed by atoms with Gasteiger partial charge in [-0.2, -0.15) is 0 Å². The van der Waals surface area contributed by atoms with Gasteiger partial charge in [0.2, 0.25) is 0 Å². The van der Waals surface area contributed by atoms with Gasteiger partial charge in [0, 0.05) is 27.2 Å². The van der Waals surface area contributed by atoms with Crippen LogP contribution < -0.4 is 26.4 Å². The molecule has 0 atom stereocenters. The predicted octanol–water partition coefficient (Wildman–Crippen LogP) is 9.67. The third-order valence-corrected chi connectivity index (χ3v) is 13.4. The van der Waals surface area contributed by atoms with Gasteiger partial charge in [0.25, 0.3) is 0 Å². The molecule has 0 aliphatic heterocycles. The third kappa shape index (κ3) is 6.10. The van der Waals surface area contributed by atoms with E-state index in [0.717, 1.165) is 56.3 Å². The van der Waals surface area contributed by atoms with Gasteiger partial charge in [-0.05, 0) is 70.8 Å². The summed E-state index contributed by atoms with van der Waals surface area (Å²) in [5, 5.41) is 10.6. The topological polar surface area (TPSA) is 47.3 Å². The van der Waals surface area contributed by atoms with Gasteiger partial charge in [0.15, 0.2) is 8.80 Å². The smallest absolute Gasteiger partial charge is 0.154 e. The summed E-state index contributed by atoms with van der Waals surface area (Å²) >= 11 is 0. The average molecular weight is 725 g/mol. The molecule has 2 heterocycles. The lowest BCUT2D eigenvalue weighted by molar-refractivity contribution is 0.669. The second kappa shape index (κ2) is 14.0. The van der Waals surface area contributed by atoms with Crippen LogP contribution in [0.5, 0.6) is 0 Å². The van der Waals surface area contributed by atoms with Crippen LogP contribution in [0.15, 0.2) is 199 Å². The number of hydrazine groups is 1. The molecule has 1 radical (unpaired) electrons. The first-order valence-corrected chi connectivity index (χ1v) is 20.3. The molecule has 5 heteroatoms. The van der Waals surface area contributed by atoms with Crippen molar-refractivity contribution in [3.63, 3.8) is 0 Å². The molecule has 0 amide bonds. The van der Waals surface area contributed by atoms with Crippen LogP contribution in [0.3, 0.4) is 0 Å². The minimum atomic E-state index is -1.27. The molecule has 263 valence electrons. The van der Waals surface area contributed by atoms with E-state index in [1.807, 2.05) is 11.1 Å². The Kier molecular flexibility index (Phi) is 8.36. The SMILES string of the molecule is NN(Cc1cccc(-n2c3ccc([Si](c4ccccc4)c4ccccc4)cc3c3cc4oc5ccccc5c4cc32)c1)c1ccccc1Cc1ccccc1. The largest absolute Gasteiger partial charge is 0.456 e. The van der Waals surface area contributed by atoms with Crippen molar-refractivity contribution in [1.29, 1.82) is 0 Å². The molecule has 0 unspecified atom stereocenters. The monoisotopic (exact) mass is 724 g/mol. The maximum absolute atomic E-state index is 6.89. The number of benzene rings is 8. The quantitative estimate of drug-likeness (QED) is 0.0698. The van der Waals surface area contributed by atoms with Crippen LogP contribution in [0.1, 0.15) is 16.7 Å². The maximum Gasteiger partial charge on any atom is 0.154 e. The fourth-order valence-electron chi connectivity index (χ4n) is 8.21. The second-order valence-corrected chi connectivity index (χ2v) is 16.7. The fraction of sp³-hybridized carbons (Fsp3) is 0.0400. The van der Waals surface area contributed by atoms with Crippen molar-refractivity contribution in [3.8, 4) is 5.69 Å². The van der Waals surface area contributed by atoms with Crippen LogP contribution in [0, 0.1) is 0 Å². The van der Waals surface area contributed by atoms with Gasteiger partial charge in [-0.3, -0.25) is 0 Å². The minimum Gasteiger partial charge on any atom is -0.456 e. The van der Waals surface area contributed by atoms with Crippen molar-refractivity contribution >= 4 is 73.8 Å². The number of fused-ring (bicyclic) bond motifs is 6. The van der Waals surface area contributed by atoms with Gasteiger partial charge in [0.05, 0.1) is 23.3 Å². The Bertz CT molecular complexity index is 2910. The molecular formula is C50H38N3OSi. The second-order valence-electron chi connectivity index (χ2n) is 14.2. The first-order chi connectivity index (χ1) is 27.2. The van der Waals surface area contributed by atoms with E-state index in [0.29, 0.717) is 6.54 Å². The molecule has 10 rings (SSSR count). The maximum atomic E-state index is 6.89. The van der Waals surface area contributed by atoms with E-state index in [-0.39, 0.29) is 0 Å². The average Bonchev–Trinajstić information content (AvgIpc) is 3.76. The third-order valence-electron chi connectivity index (χ3n) is 10.7. The first kappa shape index (κ1) is 32.9. The molecule has 2 aromatic heterocycles. The van der Waals surface area contributed by atoms with Crippen molar-refractivity contribution in [2.75, 3.05) is 5.01 Å². The van der Waals surface area contributed by atoms with E-state index >= 15 is 0 Å². The number of hydrogen-bond donors (Lipinski definition) is 1. The van der Waals surface area contributed by atoms with E-state index in [2.05, 4.69) is 193 Å². The lowest BCUT2D eigenvalue weighted by atomic mass is 10.0. The highest BCUT2D eigenvalue weighted by atomic mass is 28.3. The molecule has 4 nitrogen and oxygen atoms in total. The van der Waals surface area contributed by atoms with E-state index < -0.39 is 8.80 Å². The fourth-order valence-corrected chi connectivity index (χ4v) is 10.8. The molecule has 0 saturated heterocycles. The summed E-state index contributed by atoms with van der Waals surface area (Å²) < 4.78 is 8.89. The summed E-state index contributed by atoms with van der Waals surface area (Å²) in [6, 6.07) is 69.8. The zero-order valence-corrected chi connectivity index (χ0v) is 31.3. The van der Waals surface area contributed by atoms with Crippen molar-refractivity contribution in [2.24, 2.45) is 5.84 Å². The molecule has 8 aromatic carbocycles. The van der Waals surface area contributed by atoms with E-state index in [4.69, 9.17) is 10.3 Å². The highest BCUT2D eigenvalue weighted by molar-refractivity contribution is 6.95. The molecule has 2 N–H and O–H groups in total. The molecule has 0 spiro atoms. The van der Waals surface area contributed by atoms with Crippen LogP contribution in [0.2, 0.25) is 0 Å². The number of para-hydroxylation sites is 2. The number of anilines is 1. The lowest BCUT2D eigenvalue weighted by Gasteiger charge is -2.22. The van der Waals surface area contributed by atoms with Gasteiger partial charge in [-0.1, -0.05) is 162 Å². The Morgan fingerprint density at radius 2 is 1.13 bits per heavy atom. The van der Waals surface area contributed by atoms with Gasteiger partial charge in [0.1, 0.15) is 11.2 Å². The Hall–Kier alpha value is -6.66. The Balaban J connectivity index is 1.12. The van der Waals surface area contributed by atoms with E-state index in [1.165, 1.54) is 37.5 Å². The molecule has 55 heavy (non-hydrogen) atoms. The van der Waals surface area contributed by atoms with Gasteiger partial charge in [-0.15, -0.1) is 0 Å². The van der Waals surface area contributed by atoms with Crippen LogP contribution in [-0.4, -0.2) is 13.4 Å². The van der Waals surface area contributed by atoms with Gasteiger partial charge in [-0.25, -0.2) is 5.84 Å². The van der Waals surface area contributed by atoms with Crippen LogP contribution in [-0.2, 0) is 13.0 Å². The standard InChI is InChI=1S/C50H38N3OSi/c51-52(46-25-12-10-18-37(46)29-35-15-4-1-5-16-35)34-36-17-14-19-38(30-36)53-47-28-27-41(55(39-20-6-2-7-21-39)40-22-8-3-9-23-40)31-43(47)44-33-50-45(32-48(44)53)42-24-11-13-26-49(42)54-50/h1-28,30-33H,29,34,51H2. The molecule has 0 aliphatic rings. The van der Waals surface area contributed by atoms with E-state index in [9.17, 15) is 0 Å². The summed E-state index contributed by atoms with van der Waals surface area (Å²) in [6.45, 7) is 0.567. The van der Waals surface area contributed by atoms with E-state index in [1.54, 1.807) is 0 Å². The summed E-state index contributed by atoms with van der Waals surface area (Å²) in [5.74, 6) is 6.89. The minimum absolute atomic E-state index is 0.567. The number of furan rings is 1. The molecule has 0 fully saturated rings. The molecule has 0 aliphatic carbocycles. The van der Waals surface area contributed by atoms with Crippen molar-refractivity contribution in [2.45, 2.75) is 13.0 Å². The predicted molar refractivity (Wildman–Crippen MR) is 232 cm³/mol. The molecule has 0 saturated carbocycles. The zero-order chi connectivity index (χ0) is 36.7. The normalized spacial score (nSPS) is 11.7. The first-order valence-electron chi connectivity index (χ1n) is 18.8. The van der Waals surface area contributed by atoms with Crippen LogP contribution in [0.4, 0.5) is 5.69 Å². The Labute approximate surface area is 321 Å². The zero-order valence-electron chi connectivity index (χ0n) is 30.3. The molecular weight excluding hydrogens is 687 g/mol. The number of hydrogen-bond acceptors (Lipinski definition) is 3. The van der Waals surface area contributed by atoms with Gasteiger partial charge < -0.3 is 14.0 Å². The molecule has 10 aromatic rings. The number of nitrogens with two attached hydrogens (primary N) is 1. The number of nitrogens with zero attached hydrogens (tertiary/aromatic N) is 2. The summed E-state index contributed by atoms with van der Waals surface area (Å²) in [7, 11) is -1.27. The van der Waals surface area contributed by atoms with Crippen molar-refractivity contribution < 1.29 is 4.42 Å². The molecule has 0 bridgehead atoms.